The Morgan fingerprint density at radius 1 is 1.12 bits per heavy atom. The second-order valence-corrected chi connectivity index (χ2v) is 2.96. The van der Waals surface area contributed by atoms with Crippen molar-refractivity contribution in [3.63, 3.8) is 0 Å². The molecular weight excluding hydrogens is 222 g/mol. The zero-order chi connectivity index (χ0) is 12.7. The average Bonchev–Trinajstić information content (AvgIpc) is 2.38. The number of ether oxygens (including phenoxy) is 3. The first-order valence-electron chi connectivity index (χ1n) is 4.81. The predicted octanol–water partition coefficient (Wildman–Crippen LogP) is 2.02. The van der Waals surface area contributed by atoms with Gasteiger partial charge in [0.1, 0.15) is 0 Å². The summed E-state index contributed by atoms with van der Waals surface area (Å²) >= 11 is 0. The van der Waals surface area contributed by atoms with Crippen LogP contribution in [0.2, 0.25) is 0 Å². The summed E-state index contributed by atoms with van der Waals surface area (Å²) in [7, 11) is 4.60. The summed E-state index contributed by atoms with van der Waals surface area (Å²) in [6.07, 6.45) is 4.36. The molecule has 90 valence electrons. The molecule has 1 aromatic carbocycles. The molecule has 1 rings (SSSR count). The molecule has 0 atom stereocenters. The third kappa shape index (κ3) is 2.86. The molecular formula is C12H13NO4. The minimum absolute atomic E-state index is 0.493. The standard InChI is InChI=1S/C12H13NO4/c1-15-10-5-4-9(6-7-13-8-14)11(16-2)12(10)17-3/h4-7H,1-3H3. The van der Waals surface area contributed by atoms with Crippen LogP contribution in [0.1, 0.15) is 5.56 Å². The summed E-state index contributed by atoms with van der Waals surface area (Å²) in [6.45, 7) is 0. The molecule has 0 fully saturated rings. The molecule has 1 aromatic rings. The summed E-state index contributed by atoms with van der Waals surface area (Å²) in [5, 5.41) is 0. The first-order valence-corrected chi connectivity index (χ1v) is 4.81. The largest absolute Gasteiger partial charge is 0.493 e. The number of nitrogens with zero attached hydrogens (tertiary/aromatic N) is 1. The quantitative estimate of drug-likeness (QED) is 0.578. The van der Waals surface area contributed by atoms with Gasteiger partial charge in [0.25, 0.3) is 0 Å². The molecule has 0 amide bonds. The van der Waals surface area contributed by atoms with E-state index in [1.165, 1.54) is 26.5 Å². The normalized spacial score (nSPS) is 9.82. The molecule has 5 nitrogen and oxygen atoms in total. The van der Waals surface area contributed by atoms with E-state index < -0.39 is 0 Å². The van der Waals surface area contributed by atoms with E-state index in [-0.39, 0.29) is 0 Å². The van der Waals surface area contributed by atoms with Crippen LogP contribution in [0, 0.1) is 0 Å². The van der Waals surface area contributed by atoms with Gasteiger partial charge in [0.2, 0.25) is 11.8 Å². The molecule has 17 heavy (non-hydrogen) atoms. The van der Waals surface area contributed by atoms with Gasteiger partial charge in [-0.25, -0.2) is 4.79 Å². The van der Waals surface area contributed by atoms with Crippen molar-refractivity contribution in [3.05, 3.63) is 23.9 Å². The van der Waals surface area contributed by atoms with E-state index in [1.807, 2.05) is 0 Å². The Bertz CT molecular complexity index is 462. The van der Waals surface area contributed by atoms with E-state index in [0.717, 1.165) is 5.56 Å². The van der Waals surface area contributed by atoms with Crippen LogP contribution in [0.25, 0.3) is 6.08 Å². The molecule has 0 radical (unpaired) electrons. The fourth-order valence-corrected chi connectivity index (χ4v) is 1.40. The molecule has 0 heterocycles. The molecule has 0 unspecified atom stereocenters. The van der Waals surface area contributed by atoms with Gasteiger partial charge < -0.3 is 14.2 Å². The first kappa shape index (κ1) is 12.8. The van der Waals surface area contributed by atoms with Crippen LogP contribution in [-0.4, -0.2) is 27.4 Å². The minimum atomic E-state index is 0.493. The number of rotatable bonds is 5. The number of carbonyl (C=O) groups excluding carboxylic acids is 1. The van der Waals surface area contributed by atoms with E-state index in [2.05, 4.69) is 4.99 Å². The summed E-state index contributed by atoms with van der Waals surface area (Å²) in [4.78, 5) is 13.3. The van der Waals surface area contributed by atoms with Crippen molar-refractivity contribution in [1.29, 1.82) is 0 Å². The Hall–Kier alpha value is -2.26. The van der Waals surface area contributed by atoms with Crippen LogP contribution < -0.4 is 14.2 Å². The second kappa shape index (κ2) is 6.35. The van der Waals surface area contributed by atoms with Crippen LogP contribution in [0.5, 0.6) is 17.2 Å². The Kier molecular flexibility index (Phi) is 4.78. The SMILES string of the molecule is COc1ccc(C=CN=C=O)c(OC)c1OC. The molecule has 0 aliphatic rings. The van der Waals surface area contributed by atoms with Crippen LogP contribution in [0.4, 0.5) is 0 Å². The fourth-order valence-electron chi connectivity index (χ4n) is 1.40. The number of isocyanates is 1. The third-order valence-corrected chi connectivity index (χ3v) is 2.12. The summed E-state index contributed by atoms with van der Waals surface area (Å²) in [5.41, 5.74) is 0.726. The lowest BCUT2D eigenvalue weighted by Crippen LogP contribution is -1.96. The van der Waals surface area contributed by atoms with Gasteiger partial charge in [0.15, 0.2) is 11.5 Å². The third-order valence-electron chi connectivity index (χ3n) is 2.12. The first-order chi connectivity index (χ1) is 8.28. The van der Waals surface area contributed by atoms with Crippen LogP contribution >= 0.6 is 0 Å². The molecule has 0 N–H and O–H groups in total. The molecule has 0 aliphatic carbocycles. The van der Waals surface area contributed by atoms with Gasteiger partial charge in [-0.3, -0.25) is 0 Å². The maximum atomic E-state index is 9.95. The molecule has 0 saturated carbocycles. The Morgan fingerprint density at radius 3 is 2.35 bits per heavy atom. The lowest BCUT2D eigenvalue weighted by Gasteiger charge is -2.13. The summed E-state index contributed by atoms with van der Waals surface area (Å²) in [6, 6.07) is 3.52. The monoisotopic (exact) mass is 235 g/mol. The highest BCUT2D eigenvalue weighted by atomic mass is 16.5. The molecule has 5 heteroatoms. The number of aliphatic imine (C=N–C) groups is 1. The van der Waals surface area contributed by atoms with Gasteiger partial charge in [-0.15, -0.1) is 0 Å². The van der Waals surface area contributed by atoms with Gasteiger partial charge >= 0.3 is 0 Å². The highest BCUT2D eigenvalue weighted by Gasteiger charge is 2.13. The van der Waals surface area contributed by atoms with Crippen molar-refractivity contribution < 1.29 is 19.0 Å². The second-order valence-electron chi connectivity index (χ2n) is 2.96. The van der Waals surface area contributed by atoms with Crippen molar-refractivity contribution in [2.75, 3.05) is 21.3 Å². The number of hydrogen-bond acceptors (Lipinski definition) is 5. The maximum Gasteiger partial charge on any atom is 0.239 e. The predicted molar refractivity (Wildman–Crippen MR) is 63.3 cm³/mol. The number of hydrogen-bond donors (Lipinski definition) is 0. The van der Waals surface area contributed by atoms with Gasteiger partial charge in [-0.05, 0) is 18.2 Å². The maximum absolute atomic E-state index is 9.95. The molecule has 0 bridgehead atoms. The van der Waals surface area contributed by atoms with E-state index in [0.29, 0.717) is 17.2 Å². The van der Waals surface area contributed by atoms with Crippen LogP contribution in [-0.2, 0) is 4.79 Å². The van der Waals surface area contributed by atoms with E-state index in [1.54, 1.807) is 25.3 Å². The highest BCUT2D eigenvalue weighted by Crippen LogP contribution is 2.40. The highest BCUT2D eigenvalue weighted by molar-refractivity contribution is 5.66. The van der Waals surface area contributed by atoms with Crippen molar-refractivity contribution in [2.24, 2.45) is 4.99 Å². The molecule has 0 aliphatic heterocycles. The topological polar surface area (TPSA) is 57.1 Å². The van der Waals surface area contributed by atoms with Crippen LogP contribution in [0.15, 0.2) is 23.3 Å². The van der Waals surface area contributed by atoms with Crippen molar-refractivity contribution in [1.82, 2.24) is 0 Å². The van der Waals surface area contributed by atoms with Crippen LogP contribution in [0.3, 0.4) is 0 Å². The lowest BCUT2D eigenvalue weighted by molar-refractivity contribution is 0.324. The van der Waals surface area contributed by atoms with E-state index >= 15 is 0 Å². The van der Waals surface area contributed by atoms with Gasteiger partial charge in [-0.2, -0.15) is 4.99 Å². The van der Waals surface area contributed by atoms with E-state index in [9.17, 15) is 4.79 Å². The molecule has 0 saturated heterocycles. The van der Waals surface area contributed by atoms with Crippen molar-refractivity contribution >= 4 is 12.2 Å². The van der Waals surface area contributed by atoms with Gasteiger partial charge in [-0.1, -0.05) is 0 Å². The summed E-state index contributed by atoms with van der Waals surface area (Å²) < 4.78 is 15.6. The Morgan fingerprint density at radius 2 is 1.82 bits per heavy atom. The van der Waals surface area contributed by atoms with Gasteiger partial charge in [0.05, 0.1) is 21.3 Å². The minimum Gasteiger partial charge on any atom is -0.493 e. The smallest absolute Gasteiger partial charge is 0.239 e. The summed E-state index contributed by atoms with van der Waals surface area (Å²) in [5.74, 6) is 1.58. The van der Waals surface area contributed by atoms with E-state index in [4.69, 9.17) is 14.2 Å². The van der Waals surface area contributed by atoms with Crippen molar-refractivity contribution in [3.8, 4) is 17.2 Å². The molecule has 0 spiro atoms. The Labute approximate surface area is 99.3 Å². The zero-order valence-corrected chi connectivity index (χ0v) is 9.89. The average molecular weight is 235 g/mol. The molecule has 0 aromatic heterocycles. The number of methoxy groups -OCH3 is 3. The lowest BCUT2D eigenvalue weighted by atomic mass is 10.1. The fraction of sp³-hybridized carbons (Fsp3) is 0.250. The van der Waals surface area contributed by atoms with Crippen molar-refractivity contribution in [2.45, 2.75) is 0 Å². The number of benzene rings is 1. The van der Waals surface area contributed by atoms with Gasteiger partial charge in [0, 0.05) is 11.8 Å². The zero-order valence-electron chi connectivity index (χ0n) is 9.89. The Balaban J connectivity index is 3.27.